The van der Waals surface area contributed by atoms with E-state index in [-0.39, 0.29) is 23.6 Å². The third kappa shape index (κ3) is 3.21. The zero-order valence-electron chi connectivity index (χ0n) is 14.1. The van der Waals surface area contributed by atoms with Gasteiger partial charge in [-0.1, -0.05) is 48.5 Å². The van der Waals surface area contributed by atoms with Crippen LogP contribution in [0, 0.1) is 0 Å². The van der Waals surface area contributed by atoms with E-state index in [9.17, 15) is 9.59 Å². The Morgan fingerprint density at radius 2 is 1.60 bits per heavy atom. The lowest BCUT2D eigenvalue weighted by Gasteiger charge is -2.09. The molecule has 5 heteroatoms. The Bertz CT molecular complexity index is 899. The van der Waals surface area contributed by atoms with Crippen LogP contribution in [0.15, 0.2) is 60.7 Å². The van der Waals surface area contributed by atoms with Gasteiger partial charge in [0.15, 0.2) is 11.5 Å². The van der Waals surface area contributed by atoms with Crippen molar-refractivity contribution in [3.05, 3.63) is 71.9 Å². The lowest BCUT2D eigenvalue weighted by Crippen LogP contribution is -2.10. The van der Waals surface area contributed by atoms with Crippen LogP contribution in [-0.2, 0) is 4.74 Å². The van der Waals surface area contributed by atoms with Gasteiger partial charge in [-0.15, -0.1) is 0 Å². The SMILES string of the molecule is CCOC(=O)c1nn(-c2ccccc2)c(-c2ccccc2)c1C(C)=O. The van der Waals surface area contributed by atoms with Crippen LogP contribution in [0.25, 0.3) is 16.9 Å². The van der Waals surface area contributed by atoms with Crippen molar-refractivity contribution < 1.29 is 14.3 Å². The molecule has 0 amide bonds. The third-order valence-corrected chi connectivity index (χ3v) is 3.75. The number of benzene rings is 2. The topological polar surface area (TPSA) is 61.2 Å². The Morgan fingerprint density at radius 3 is 2.16 bits per heavy atom. The average molecular weight is 334 g/mol. The van der Waals surface area contributed by atoms with Crippen molar-refractivity contribution >= 4 is 11.8 Å². The molecule has 0 unspecified atom stereocenters. The summed E-state index contributed by atoms with van der Waals surface area (Å²) in [5.41, 5.74) is 2.46. The van der Waals surface area contributed by atoms with Gasteiger partial charge >= 0.3 is 5.97 Å². The summed E-state index contributed by atoms with van der Waals surface area (Å²) in [5, 5.41) is 4.42. The number of para-hydroxylation sites is 1. The van der Waals surface area contributed by atoms with Crippen LogP contribution in [0.3, 0.4) is 0 Å². The molecule has 0 N–H and O–H groups in total. The van der Waals surface area contributed by atoms with E-state index in [1.807, 2.05) is 60.7 Å². The molecule has 0 saturated heterocycles. The lowest BCUT2D eigenvalue weighted by atomic mass is 10.0. The molecule has 3 aromatic rings. The molecule has 25 heavy (non-hydrogen) atoms. The van der Waals surface area contributed by atoms with E-state index in [1.165, 1.54) is 6.92 Å². The second-order valence-electron chi connectivity index (χ2n) is 5.46. The summed E-state index contributed by atoms with van der Waals surface area (Å²) >= 11 is 0. The molecule has 1 heterocycles. The molecular weight excluding hydrogens is 316 g/mol. The van der Waals surface area contributed by atoms with Crippen molar-refractivity contribution in [2.45, 2.75) is 13.8 Å². The minimum Gasteiger partial charge on any atom is -0.461 e. The fourth-order valence-corrected chi connectivity index (χ4v) is 2.71. The fraction of sp³-hybridized carbons (Fsp3) is 0.150. The number of carbonyl (C=O) groups excluding carboxylic acids is 2. The summed E-state index contributed by atoms with van der Waals surface area (Å²) in [6.45, 7) is 3.37. The first-order valence-electron chi connectivity index (χ1n) is 8.05. The van der Waals surface area contributed by atoms with E-state index in [2.05, 4.69) is 5.10 Å². The summed E-state index contributed by atoms with van der Waals surface area (Å²) < 4.78 is 6.72. The van der Waals surface area contributed by atoms with Crippen LogP contribution in [0.4, 0.5) is 0 Å². The molecule has 0 bridgehead atoms. The van der Waals surface area contributed by atoms with Gasteiger partial charge in [-0.25, -0.2) is 9.48 Å². The predicted octanol–water partition coefficient (Wildman–Crippen LogP) is 3.92. The van der Waals surface area contributed by atoms with E-state index in [0.717, 1.165) is 11.3 Å². The molecule has 0 radical (unpaired) electrons. The first-order valence-corrected chi connectivity index (χ1v) is 8.05. The number of hydrogen-bond acceptors (Lipinski definition) is 4. The summed E-state index contributed by atoms with van der Waals surface area (Å²) in [6.07, 6.45) is 0. The van der Waals surface area contributed by atoms with Crippen LogP contribution >= 0.6 is 0 Å². The maximum Gasteiger partial charge on any atom is 0.359 e. The van der Waals surface area contributed by atoms with Crippen molar-refractivity contribution in [2.24, 2.45) is 0 Å². The largest absolute Gasteiger partial charge is 0.461 e. The molecule has 5 nitrogen and oxygen atoms in total. The van der Waals surface area contributed by atoms with Gasteiger partial charge in [-0.05, 0) is 26.0 Å². The highest BCUT2D eigenvalue weighted by molar-refractivity contribution is 6.08. The first-order chi connectivity index (χ1) is 12.1. The van der Waals surface area contributed by atoms with Crippen LogP contribution < -0.4 is 0 Å². The van der Waals surface area contributed by atoms with E-state index < -0.39 is 5.97 Å². The van der Waals surface area contributed by atoms with E-state index in [4.69, 9.17) is 4.74 Å². The van der Waals surface area contributed by atoms with Gasteiger partial charge in [0.1, 0.15) is 0 Å². The molecular formula is C20H18N2O3. The molecule has 0 fully saturated rings. The maximum atomic E-state index is 12.4. The van der Waals surface area contributed by atoms with Crippen LogP contribution in [0.1, 0.15) is 34.7 Å². The molecule has 0 aliphatic heterocycles. The Kier molecular flexibility index (Phi) is 4.75. The van der Waals surface area contributed by atoms with Crippen LogP contribution in [0.5, 0.6) is 0 Å². The highest BCUT2D eigenvalue weighted by Gasteiger charge is 2.28. The second-order valence-corrected chi connectivity index (χ2v) is 5.46. The number of nitrogens with zero attached hydrogens (tertiary/aromatic N) is 2. The lowest BCUT2D eigenvalue weighted by molar-refractivity contribution is 0.0516. The number of esters is 1. The Morgan fingerprint density at radius 1 is 1.00 bits per heavy atom. The van der Waals surface area contributed by atoms with E-state index >= 15 is 0 Å². The van der Waals surface area contributed by atoms with Crippen molar-refractivity contribution in [1.29, 1.82) is 0 Å². The van der Waals surface area contributed by atoms with Gasteiger partial charge < -0.3 is 4.74 Å². The average Bonchev–Trinajstić information content (AvgIpc) is 3.04. The predicted molar refractivity (Wildman–Crippen MR) is 95.0 cm³/mol. The van der Waals surface area contributed by atoms with Crippen molar-refractivity contribution in [3.8, 4) is 16.9 Å². The summed E-state index contributed by atoms with van der Waals surface area (Å²) in [4.78, 5) is 24.7. The number of ether oxygens (including phenoxy) is 1. The second kappa shape index (κ2) is 7.13. The number of ketones is 1. The smallest absolute Gasteiger partial charge is 0.359 e. The molecule has 0 saturated carbocycles. The van der Waals surface area contributed by atoms with Gasteiger partial charge in [0.2, 0.25) is 0 Å². The van der Waals surface area contributed by atoms with E-state index in [1.54, 1.807) is 11.6 Å². The first kappa shape index (κ1) is 16.6. The number of Topliss-reactive ketones (excluding diaryl/α,β-unsaturated/α-hetero) is 1. The van der Waals surface area contributed by atoms with Crippen molar-refractivity contribution in [1.82, 2.24) is 9.78 Å². The van der Waals surface area contributed by atoms with Crippen molar-refractivity contribution in [2.75, 3.05) is 6.61 Å². The fourth-order valence-electron chi connectivity index (χ4n) is 2.71. The number of hydrogen-bond donors (Lipinski definition) is 0. The quantitative estimate of drug-likeness (QED) is 0.524. The van der Waals surface area contributed by atoms with Gasteiger partial charge in [0, 0.05) is 5.56 Å². The zero-order chi connectivity index (χ0) is 17.8. The van der Waals surface area contributed by atoms with Crippen molar-refractivity contribution in [3.63, 3.8) is 0 Å². The Balaban J connectivity index is 2.32. The standard InChI is InChI=1S/C20H18N2O3/c1-3-25-20(24)18-17(14(2)23)19(15-10-6-4-7-11-15)22(21-18)16-12-8-5-9-13-16/h4-13H,3H2,1-2H3. The van der Waals surface area contributed by atoms with Gasteiger partial charge in [-0.2, -0.15) is 5.10 Å². The molecule has 3 rings (SSSR count). The minimum absolute atomic E-state index is 0.0389. The normalized spacial score (nSPS) is 10.5. The molecule has 1 aromatic heterocycles. The summed E-state index contributed by atoms with van der Waals surface area (Å²) in [6, 6.07) is 18.8. The van der Waals surface area contributed by atoms with Crippen LogP contribution in [0.2, 0.25) is 0 Å². The van der Waals surface area contributed by atoms with Gasteiger partial charge in [0.25, 0.3) is 0 Å². The zero-order valence-corrected chi connectivity index (χ0v) is 14.1. The highest BCUT2D eigenvalue weighted by Crippen LogP contribution is 2.30. The highest BCUT2D eigenvalue weighted by atomic mass is 16.5. The van der Waals surface area contributed by atoms with Gasteiger partial charge in [-0.3, -0.25) is 4.79 Å². The molecule has 0 aliphatic carbocycles. The Hall–Kier alpha value is -3.21. The molecule has 0 spiro atoms. The maximum absolute atomic E-state index is 12.4. The third-order valence-electron chi connectivity index (χ3n) is 3.75. The number of aromatic nitrogens is 2. The summed E-state index contributed by atoms with van der Waals surface area (Å²) in [5.74, 6) is -0.830. The number of rotatable bonds is 5. The van der Waals surface area contributed by atoms with E-state index in [0.29, 0.717) is 5.69 Å². The molecule has 0 aliphatic rings. The van der Waals surface area contributed by atoms with Crippen LogP contribution in [-0.4, -0.2) is 28.1 Å². The summed E-state index contributed by atoms with van der Waals surface area (Å²) in [7, 11) is 0. The minimum atomic E-state index is -0.598. The molecule has 0 atom stereocenters. The van der Waals surface area contributed by atoms with Gasteiger partial charge in [0.05, 0.1) is 23.6 Å². The molecule has 126 valence electrons. The molecule has 2 aromatic carbocycles. The number of carbonyl (C=O) groups is 2. The Labute approximate surface area is 145 Å². The monoisotopic (exact) mass is 334 g/mol.